The number of hydrogen-bond donors (Lipinski definition) is 2. The van der Waals surface area contributed by atoms with E-state index in [1.165, 1.54) is 0 Å². The summed E-state index contributed by atoms with van der Waals surface area (Å²) in [6.45, 7) is 8.85. The third-order valence-electron chi connectivity index (χ3n) is 3.01. The Kier molecular flexibility index (Phi) is 6.53. The van der Waals surface area contributed by atoms with E-state index < -0.39 is 5.54 Å². The van der Waals surface area contributed by atoms with Crippen LogP contribution >= 0.6 is 12.4 Å². The zero-order valence-corrected chi connectivity index (χ0v) is 13.0. The van der Waals surface area contributed by atoms with Gasteiger partial charge in [-0.25, -0.2) is 0 Å². The Hall–Kier alpha value is -1.06. The van der Waals surface area contributed by atoms with Crippen molar-refractivity contribution < 1.29 is 4.79 Å². The van der Waals surface area contributed by atoms with E-state index in [4.69, 9.17) is 5.73 Å². The minimum Gasteiger partial charge on any atom is -0.354 e. The van der Waals surface area contributed by atoms with E-state index in [9.17, 15) is 4.79 Å². The van der Waals surface area contributed by atoms with Crippen molar-refractivity contribution in [3.63, 3.8) is 0 Å². The molecular weight excluding hydrogens is 260 g/mol. The number of benzene rings is 1. The minimum absolute atomic E-state index is 0. The Morgan fingerprint density at radius 1 is 1.16 bits per heavy atom. The van der Waals surface area contributed by atoms with Gasteiger partial charge in [0.2, 0.25) is 5.91 Å². The second-order valence-corrected chi connectivity index (χ2v) is 6.13. The fraction of sp³-hybridized carbons (Fsp3) is 0.533. The number of nitrogens with two attached hydrogens (primary N) is 1. The second-order valence-electron chi connectivity index (χ2n) is 6.13. The summed E-state index contributed by atoms with van der Waals surface area (Å²) in [6, 6.07) is 9.45. The smallest absolute Gasteiger partial charge is 0.244 e. The van der Waals surface area contributed by atoms with Crippen molar-refractivity contribution in [3.05, 3.63) is 35.9 Å². The third kappa shape index (κ3) is 5.62. The number of nitrogens with one attached hydrogen (secondary N) is 1. The van der Waals surface area contributed by atoms with E-state index in [0.29, 0.717) is 6.54 Å². The van der Waals surface area contributed by atoms with E-state index in [1.54, 1.807) is 6.92 Å². The summed E-state index contributed by atoms with van der Waals surface area (Å²) in [5, 5.41) is 2.91. The van der Waals surface area contributed by atoms with Crippen LogP contribution in [0.5, 0.6) is 0 Å². The summed E-state index contributed by atoms with van der Waals surface area (Å²) in [7, 11) is 0. The summed E-state index contributed by atoms with van der Waals surface area (Å²) in [5.74, 6) is -0.127. The zero-order chi connectivity index (χ0) is 13.8. The molecule has 1 atom stereocenters. The molecule has 19 heavy (non-hydrogen) atoms. The maximum absolute atomic E-state index is 12.1. The quantitative estimate of drug-likeness (QED) is 0.893. The van der Waals surface area contributed by atoms with Crippen molar-refractivity contribution in [1.82, 2.24) is 5.32 Å². The van der Waals surface area contributed by atoms with Crippen LogP contribution in [0.25, 0.3) is 0 Å². The molecule has 0 spiro atoms. The molecule has 1 rings (SSSR count). The second kappa shape index (κ2) is 6.92. The molecule has 1 amide bonds. The van der Waals surface area contributed by atoms with E-state index in [1.807, 2.05) is 30.3 Å². The Bertz CT molecular complexity index is 396. The van der Waals surface area contributed by atoms with Crippen LogP contribution in [0.1, 0.15) is 39.7 Å². The standard InChI is InChI=1S/C15H24N2O.ClH/c1-14(2,3)10-11-17-13(18)15(4,16)12-8-6-5-7-9-12;/h5-9H,10-11,16H2,1-4H3,(H,17,18);1H. The molecule has 0 aliphatic rings. The van der Waals surface area contributed by atoms with Gasteiger partial charge in [-0.15, -0.1) is 12.4 Å². The molecule has 1 unspecified atom stereocenters. The van der Waals surface area contributed by atoms with E-state index in [-0.39, 0.29) is 23.7 Å². The Balaban J connectivity index is 0.00000324. The molecule has 0 aromatic heterocycles. The van der Waals surface area contributed by atoms with Crippen LogP contribution < -0.4 is 11.1 Å². The monoisotopic (exact) mass is 284 g/mol. The molecule has 0 fully saturated rings. The van der Waals surface area contributed by atoms with Gasteiger partial charge in [-0.2, -0.15) is 0 Å². The fourth-order valence-electron chi connectivity index (χ4n) is 1.65. The number of halogens is 1. The van der Waals surface area contributed by atoms with Crippen LogP contribution in [0.3, 0.4) is 0 Å². The van der Waals surface area contributed by atoms with Gasteiger partial charge in [0.15, 0.2) is 0 Å². The molecule has 0 aliphatic heterocycles. The van der Waals surface area contributed by atoms with Gasteiger partial charge < -0.3 is 11.1 Å². The number of hydrogen-bond acceptors (Lipinski definition) is 2. The van der Waals surface area contributed by atoms with Crippen molar-refractivity contribution in [2.75, 3.05) is 6.54 Å². The van der Waals surface area contributed by atoms with Gasteiger partial charge in [0, 0.05) is 6.54 Å². The van der Waals surface area contributed by atoms with Crippen molar-refractivity contribution in [3.8, 4) is 0 Å². The molecule has 108 valence electrons. The molecule has 1 aromatic rings. The number of amides is 1. The van der Waals surface area contributed by atoms with Crippen LogP contribution in [-0.4, -0.2) is 12.5 Å². The summed E-state index contributed by atoms with van der Waals surface area (Å²) in [5.41, 5.74) is 6.19. The van der Waals surface area contributed by atoms with E-state index >= 15 is 0 Å². The SMILES string of the molecule is CC(C)(C)CCNC(=O)C(C)(N)c1ccccc1.Cl. The maximum Gasteiger partial charge on any atom is 0.244 e. The van der Waals surface area contributed by atoms with Crippen LogP contribution in [-0.2, 0) is 10.3 Å². The van der Waals surface area contributed by atoms with Crippen molar-refractivity contribution in [2.45, 2.75) is 39.7 Å². The highest BCUT2D eigenvalue weighted by molar-refractivity contribution is 5.86. The summed E-state index contributed by atoms with van der Waals surface area (Å²) < 4.78 is 0. The lowest BCUT2D eigenvalue weighted by molar-refractivity contribution is -0.126. The fourth-order valence-corrected chi connectivity index (χ4v) is 1.65. The first kappa shape index (κ1) is 17.9. The first-order valence-electron chi connectivity index (χ1n) is 6.36. The molecule has 0 saturated heterocycles. The number of rotatable bonds is 4. The molecule has 3 N–H and O–H groups in total. The van der Waals surface area contributed by atoms with Gasteiger partial charge in [-0.1, -0.05) is 51.1 Å². The lowest BCUT2D eigenvalue weighted by Crippen LogP contribution is -2.49. The topological polar surface area (TPSA) is 55.1 Å². The largest absolute Gasteiger partial charge is 0.354 e. The summed E-state index contributed by atoms with van der Waals surface area (Å²) >= 11 is 0. The van der Waals surface area contributed by atoms with Gasteiger partial charge in [-0.3, -0.25) is 4.79 Å². The predicted octanol–water partition coefficient (Wildman–Crippen LogP) is 2.83. The highest BCUT2D eigenvalue weighted by Crippen LogP contribution is 2.19. The van der Waals surface area contributed by atoms with Gasteiger partial charge in [0.1, 0.15) is 5.54 Å². The van der Waals surface area contributed by atoms with Crippen molar-refractivity contribution >= 4 is 18.3 Å². The third-order valence-corrected chi connectivity index (χ3v) is 3.01. The maximum atomic E-state index is 12.1. The number of carbonyl (C=O) groups is 1. The van der Waals surface area contributed by atoms with Gasteiger partial charge in [0.05, 0.1) is 0 Å². The molecule has 3 nitrogen and oxygen atoms in total. The first-order chi connectivity index (χ1) is 8.23. The highest BCUT2D eigenvalue weighted by atomic mass is 35.5. The summed E-state index contributed by atoms with van der Waals surface area (Å²) in [4.78, 5) is 12.1. The van der Waals surface area contributed by atoms with Crippen LogP contribution in [0, 0.1) is 5.41 Å². The molecule has 1 aromatic carbocycles. The molecule has 4 heteroatoms. The van der Waals surface area contributed by atoms with E-state index in [2.05, 4.69) is 26.1 Å². The first-order valence-corrected chi connectivity index (χ1v) is 6.36. The highest BCUT2D eigenvalue weighted by Gasteiger charge is 2.30. The molecular formula is C15H25ClN2O. The van der Waals surface area contributed by atoms with Gasteiger partial charge in [-0.05, 0) is 24.3 Å². The Labute approximate surface area is 122 Å². The van der Waals surface area contributed by atoms with E-state index in [0.717, 1.165) is 12.0 Å². The van der Waals surface area contributed by atoms with Crippen LogP contribution in [0.15, 0.2) is 30.3 Å². The number of carbonyl (C=O) groups excluding carboxylic acids is 1. The predicted molar refractivity (Wildman–Crippen MR) is 82.3 cm³/mol. The van der Waals surface area contributed by atoms with Crippen LogP contribution in [0.2, 0.25) is 0 Å². The average Bonchev–Trinajstić information content (AvgIpc) is 2.28. The lowest BCUT2D eigenvalue weighted by atomic mass is 9.90. The van der Waals surface area contributed by atoms with Gasteiger partial charge in [0.25, 0.3) is 0 Å². The molecule has 0 radical (unpaired) electrons. The minimum atomic E-state index is -0.973. The van der Waals surface area contributed by atoms with Crippen molar-refractivity contribution in [2.24, 2.45) is 11.1 Å². The molecule has 0 heterocycles. The average molecular weight is 285 g/mol. The summed E-state index contributed by atoms with van der Waals surface area (Å²) in [6.07, 6.45) is 0.934. The molecule has 0 saturated carbocycles. The molecule has 0 aliphatic carbocycles. The molecule has 0 bridgehead atoms. The normalized spacial score (nSPS) is 14.2. The zero-order valence-electron chi connectivity index (χ0n) is 12.2. The lowest BCUT2D eigenvalue weighted by Gasteiger charge is -2.25. The van der Waals surface area contributed by atoms with Crippen molar-refractivity contribution in [1.29, 1.82) is 0 Å². The van der Waals surface area contributed by atoms with Crippen LogP contribution in [0.4, 0.5) is 0 Å². The Morgan fingerprint density at radius 3 is 2.16 bits per heavy atom. The Morgan fingerprint density at radius 2 is 1.68 bits per heavy atom. The van der Waals surface area contributed by atoms with Gasteiger partial charge >= 0.3 is 0 Å².